The largest absolute Gasteiger partial charge is 0.393 e. The van der Waals surface area contributed by atoms with Crippen molar-refractivity contribution in [2.24, 2.45) is 0 Å². The maximum Gasteiger partial charge on any atom is 0.261 e. The Morgan fingerprint density at radius 2 is 2.00 bits per heavy atom. The van der Waals surface area contributed by atoms with Gasteiger partial charge < -0.3 is 9.84 Å². The molecule has 0 amide bonds. The van der Waals surface area contributed by atoms with Gasteiger partial charge in [0.25, 0.3) is 6.43 Å². The van der Waals surface area contributed by atoms with Crippen LogP contribution in [0.2, 0.25) is 0 Å². The van der Waals surface area contributed by atoms with Crippen molar-refractivity contribution in [3.8, 4) is 0 Å². The van der Waals surface area contributed by atoms with Gasteiger partial charge in [0.1, 0.15) is 6.61 Å². The summed E-state index contributed by atoms with van der Waals surface area (Å²) in [5, 5.41) is 9.85. The highest BCUT2D eigenvalue weighted by Crippen LogP contribution is 2.23. The van der Waals surface area contributed by atoms with Gasteiger partial charge in [-0.15, -0.1) is 0 Å². The zero-order chi connectivity index (χ0) is 13.7. The van der Waals surface area contributed by atoms with E-state index in [1.807, 2.05) is 6.07 Å². The van der Waals surface area contributed by atoms with Crippen molar-refractivity contribution in [1.29, 1.82) is 0 Å². The first-order valence-corrected chi connectivity index (χ1v) is 6.80. The van der Waals surface area contributed by atoms with Gasteiger partial charge in [-0.3, -0.25) is 0 Å². The van der Waals surface area contributed by atoms with Crippen LogP contribution in [0.25, 0.3) is 0 Å². The molecule has 1 N–H and O–H groups in total. The van der Waals surface area contributed by atoms with E-state index in [4.69, 9.17) is 4.74 Å². The molecule has 1 aliphatic carbocycles. The van der Waals surface area contributed by atoms with Gasteiger partial charge in [0.15, 0.2) is 0 Å². The monoisotopic (exact) mass is 270 g/mol. The third kappa shape index (κ3) is 4.55. The molecular formula is C15H20F2O2. The van der Waals surface area contributed by atoms with E-state index < -0.39 is 19.1 Å². The summed E-state index contributed by atoms with van der Waals surface area (Å²) in [6.07, 6.45) is 1.47. The number of hydrogen-bond acceptors (Lipinski definition) is 2. The van der Waals surface area contributed by atoms with Crippen molar-refractivity contribution < 1.29 is 18.6 Å². The van der Waals surface area contributed by atoms with Crippen molar-refractivity contribution in [3.05, 3.63) is 34.9 Å². The molecular weight excluding hydrogens is 250 g/mol. The van der Waals surface area contributed by atoms with E-state index in [0.29, 0.717) is 12.8 Å². The van der Waals surface area contributed by atoms with Crippen molar-refractivity contribution in [1.82, 2.24) is 0 Å². The van der Waals surface area contributed by atoms with E-state index in [0.717, 1.165) is 18.4 Å². The van der Waals surface area contributed by atoms with E-state index in [-0.39, 0.29) is 6.61 Å². The molecule has 0 saturated heterocycles. The average Bonchev–Trinajstić information content (AvgIpc) is 2.82. The van der Waals surface area contributed by atoms with Crippen molar-refractivity contribution in [2.75, 3.05) is 13.2 Å². The SMILES string of the molecule is OC(CCOCC(F)F)Cc1ccc2c(c1)CCC2. The number of hydrogen-bond donors (Lipinski definition) is 1. The lowest BCUT2D eigenvalue weighted by atomic mass is 10.0. The molecule has 0 fully saturated rings. The molecule has 1 atom stereocenters. The molecule has 0 spiro atoms. The first kappa shape index (κ1) is 14.4. The quantitative estimate of drug-likeness (QED) is 0.772. The molecule has 0 heterocycles. The highest BCUT2D eigenvalue weighted by Gasteiger charge is 2.12. The number of aliphatic hydroxyl groups is 1. The lowest BCUT2D eigenvalue weighted by Crippen LogP contribution is -2.15. The van der Waals surface area contributed by atoms with Crippen molar-refractivity contribution in [2.45, 2.75) is 44.6 Å². The standard InChI is InChI=1S/C15H20F2O2/c16-15(17)10-19-7-6-14(18)9-11-4-5-12-2-1-3-13(12)8-11/h4-5,8,14-15,18H,1-3,6-7,9-10H2. The Bertz CT molecular complexity index is 407. The van der Waals surface area contributed by atoms with E-state index in [1.54, 1.807) is 0 Å². The molecule has 0 radical (unpaired) electrons. The molecule has 1 aliphatic rings. The second kappa shape index (κ2) is 6.96. The van der Waals surface area contributed by atoms with E-state index >= 15 is 0 Å². The van der Waals surface area contributed by atoms with E-state index in [2.05, 4.69) is 12.1 Å². The molecule has 106 valence electrons. The topological polar surface area (TPSA) is 29.5 Å². The third-order valence-corrected chi connectivity index (χ3v) is 3.47. The Morgan fingerprint density at radius 1 is 1.21 bits per heavy atom. The number of aryl methyl sites for hydroxylation is 2. The maximum atomic E-state index is 11.8. The Labute approximate surface area is 112 Å². The molecule has 2 nitrogen and oxygen atoms in total. The number of alkyl halides is 2. The van der Waals surface area contributed by atoms with Gasteiger partial charge in [-0.1, -0.05) is 18.2 Å². The van der Waals surface area contributed by atoms with Crippen LogP contribution in [0.4, 0.5) is 8.78 Å². The van der Waals surface area contributed by atoms with Crippen LogP contribution >= 0.6 is 0 Å². The van der Waals surface area contributed by atoms with Crippen LogP contribution in [-0.4, -0.2) is 30.8 Å². The molecule has 0 saturated carbocycles. The van der Waals surface area contributed by atoms with Gasteiger partial charge in [0.05, 0.1) is 6.10 Å². The number of benzene rings is 1. The fraction of sp³-hybridized carbons (Fsp3) is 0.600. The molecule has 0 bridgehead atoms. The molecule has 0 aromatic heterocycles. The van der Waals surface area contributed by atoms with Crippen LogP contribution in [0.1, 0.15) is 29.5 Å². The molecule has 1 unspecified atom stereocenters. The minimum atomic E-state index is -2.44. The Hall–Kier alpha value is -1.00. The van der Waals surface area contributed by atoms with Crippen LogP contribution in [0.15, 0.2) is 18.2 Å². The van der Waals surface area contributed by atoms with Crippen LogP contribution in [0.5, 0.6) is 0 Å². The summed E-state index contributed by atoms with van der Waals surface area (Å²) >= 11 is 0. The Morgan fingerprint density at radius 3 is 2.79 bits per heavy atom. The number of aliphatic hydroxyl groups excluding tert-OH is 1. The van der Waals surface area contributed by atoms with Crippen LogP contribution in [0.3, 0.4) is 0 Å². The van der Waals surface area contributed by atoms with Crippen molar-refractivity contribution in [3.63, 3.8) is 0 Å². The lowest BCUT2D eigenvalue weighted by molar-refractivity contribution is 0.00512. The zero-order valence-corrected chi connectivity index (χ0v) is 10.9. The maximum absolute atomic E-state index is 11.8. The number of ether oxygens (including phenoxy) is 1. The Balaban J connectivity index is 1.74. The molecule has 1 aromatic rings. The Kier molecular flexibility index (Phi) is 5.28. The second-order valence-corrected chi connectivity index (χ2v) is 5.07. The fourth-order valence-electron chi connectivity index (χ4n) is 2.52. The summed E-state index contributed by atoms with van der Waals surface area (Å²) < 4.78 is 28.5. The first-order chi connectivity index (χ1) is 9.15. The van der Waals surface area contributed by atoms with Crippen molar-refractivity contribution >= 4 is 0 Å². The number of halogens is 2. The fourth-order valence-corrected chi connectivity index (χ4v) is 2.52. The van der Waals surface area contributed by atoms with Crippen LogP contribution in [0, 0.1) is 0 Å². The molecule has 0 aliphatic heterocycles. The van der Waals surface area contributed by atoms with Gasteiger partial charge in [-0.05, 0) is 48.8 Å². The molecule has 1 aromatic carbocycles. The minimum Gasteiger partial charge on any atom is -0.393 e. The van der Waals surface area contributed by atoms with Gasteiger partial charge in [-0.2, -0.15) is 0 Å². The second-order valence-electron chi connectivity index (χ2n) is 5.07. The van der Waals surface area contributed by atoms with Gasteiger partial charge in [0, 0.05) is 6.61 Å². The molecule has 4 heteroatoms. The average molecular weight is 270 g/mol. The van der Waals surface area contributed by atoms with Crippen LogP contribution < -0.4 is 0 Å². The summed E-state index contributed by atoms with van der Waals surface area (Å²) in [7, 11) is 0. The molecule has 19 heavy (non-hydrogen) atoms. The van der Waals surface area contributed by atoms with Gasteiger partial charge in [-0.25, -0.2) is 8.78 Å². The summed E-state index contributed by atoms with van der Waals surface area (Å²) in [5.74, 6) is 0. The highest BCUT2D eigenvalue weighted by atomic mass is 19.3. The summed E-state index contributed by atoms with van der Waals surface area (Å²) in [4.78, 5) is 0. The molecule has 2 rings (SSSR count). The lowest BCUT2D eigenvalue weighted by Gasteiger charge is -2.12. The first-order valence-electron chi connectivity index (χ1n) is 6.80. The van der Waals surface area contributed by atoms with Gasteiger partial charge >= 0.3 is 0 Å². The zero-order valence-electron chi connectivity index (χ0n) is 10.9. The van der Waals surface area contributed by atoms with Gasteiger partial charge in [0.2, 0.25) is 0 Å². The minimum absolute atomic E-state index is 0.177. The van der Waals surface area contributed by atoms with Crippen LogP contribution in [-0.2, 0) is 24.0 Å². The summed E-state index contributed by atoms with van der Waals surface area (Å²) in [5.41, 5.74) is 3.92. The number of rotatable bonds is 7. The highest BCUT2D eigenvalue weighted by molar-refractivity contribution is 5.35. The summed E-state index contributed by atoms with van der Waals surface area (Å²) in [6.45, 7) is -0.373. The van der Waals surface area contributed by atoms with E-state index in [1.165, 1.54) is 17.5 Å². The predicted octanol–water partition coefficient (Wildman–Crippen LogP) is 2.75. The normalized spacial score (nSPS) is 15.8. The summed E-state index contributed by atoms with van der Waals surface area (Å²) in [6, 6.07) is 6.34. The third-order valence-electron chi connectivity index (χ3n) is 3.47. The smallest absolute Gasteiger partial charge is 0.261 e. The van der Waals surface area contributed by atoms with E-state index in [9.17, 15) is 13.9 Å². The number of fused-ring (bicyclic) bond motifs is 1. The predicted molar refractivity (Wildman–Crippen MR) is 69.6 cm³/mol.